The number of nitrogens with one attached hydrogen (secondary N) is 1. The Bertz CT molecular complexity index is 2810. The molecule has 1 unspecified atom stereocenters. The number of β-amino-alcohol motifs (C(OH)–C–C–N with tert-alkyl or cyclic N) is 1. The first-order valence-electron chi connectivity index (χ1n) is 28.0. The second kappa shape index (κ2) is 38.9. The molecule has 0 radical (unpaired) electrons. The summed E-state index contributed by atoms with van der Waals surface area (Å²) in [6.07, 6.45) is 4.16. The number of nitrogens with two attached hydrogens (primary N) is 1. The molecule has 3 aromatic rings. The maximum Gasteiger partial charge on any atom is 0.313 e. The number of halogens is 4. The highest BCUT2D eigenvalue weighted by atomic mass is 32.2. The van der Waals surface area contributed by atoms with Crippen LogP contribution >= 0.6 is 0 Å². The van der Waals surface area contributed by atoms with Crippen molar-refractivity contribution in [3.8, 4) is 16.9 Å². The number of aliphatic hydroxyl groups is 1. The lowest BCUT2D eigenvalue weighted by Gasteiger charge is -2.23. The van der Waals surface area contributed by atoms with Gasteiger partial charge in [0.1, 0.15) is 11.9 Å². The number of aromatic nitrogens is 2. The van der Waals surface area contributed by atoms with E-state index in [0.717, 1.165) is 6.42 Å². The van der Waals surface area contributed by atoms with Crippen molar-refractivity contribution in [2.45, 2.75) is 56.6 Å². The fraction of sp³-hybridized carbons (Fsp3) is 0.582. The molecule has 2 aromatic carbocycles. The molecule has 3 heterocycles. The molecule has 484 valence electrons. The van der Waals surface area contributed by atoms with E-state index >= 15 is 0 Å². The van der Waals surface area contributed by atoms with Crippen molar-refractivity contribution in [3.05, 3.63) is 70.8 Å². The largest absolute Gasteiger partial charge is 0.420 e. The summed E-state index contributed by atoms with van der Waals surface area (Å²) in [7, 11) is -5.66. The molecule has 0 saturated carbocycles. The van der Waals surface area contributed by atoms with Crippen molar-refractivity contribution in [2.75, 3.05) is 158 Å². The minimum atomic E-state index is -5.66. The number of benzene rings is 2. The van der Waals surface area contributed by atoms with Crippen LogP contribution in [0.2, 0.25) is 0 Å². The monoisotopic (exact) mass is 1260 g/mol. The number of hydroxylamine groups is 2. The molecular weight excluding hydrogens is 1190 g/mol. The van der Waals surface area contributed by atoms with Gasteiger partial charge in [-0.2, -0.15) is 17.2 Å². The van der Waals surface area contributed by atoms with Gasteiger partial charge in [0.25, 0.3) is 11.8 Å². The Morgan fingerprint density at radius 2 is 1.18 bits per heavy atom. The number of nitrogens with zero attached hydrogens (tertiary/aromatic N) is 5. The topological polar surface area (TPSA) is 336 Å². The minimum absolute atomic E-state index is 0.00866. The van der Waals surface area contributed by atoms with Crippen LogP contribution in [-0.4, -0.2) is 238 Å². The van der Waals surface area contributed by atoms with Crippen LogP contribution in [0.4, 0.5) is 23.2 Å². The standard InChI is InChI=1S/C55H75F4N7O20S/c1-3-9-66(85-4-2)54(70)39-30-38-6-5-37(31-42(38)64-44(60)32-39)40-34-62-52(63-35-40)55(71)65-36-41(67)33-43(65)53(69)61-8-11-76-13-15-78-17-19-80-21-23-82-25-27-84-29-28-83-26-24-81-22-20-79-18-16-77-14-12-75-10-7-45(68)86-50-46(56)48(58)51(87(72,73)74)49(59)47(50)57/h5-6,30-31,34-35,41,43,67H,3-4,7-29,32-33,36H2,1-2H3,(H2,60,64)(H,61,69)(H,72,73,74)/t41-,43?/m1/s1. The molecule has 87 heavy (non-hydrogen) atoms. The van der Waals surface area contributed by atoms with Gasteiger partial charge in [0, 0.05) is 61.6 Å². The third kappa shape index (κ3) is 24.3. The van der Waals surface area contributed by atoms with Gasteiger partial charge in [0.2, 0.25) is 29.1 Å². The summed E-state index contributed by atoms with van der Waals surface area (Å²) in [6, 6.07) is 4.50. The fourth-order valence-corrected chi connectivity index (χ4v) is 8.76. The molecule has 32 heteroatoms. The zero-order valence-electron chi connectivity index (χ0n) is 48.4. The van der Waals surface area contributed by atoms with Crippen LogP contribution in [0, 0.1) is 23.3 Å². The highest BCUT2D eigenvalue weighted by molar-refractivity contribution is 7.85. The van der Waals surface area contributed by atoms with E-state index in [-0.39, 0.29) is 89.7 Å². The number of carbonyl (C=O) groups excluding carboxylic acids is 4. The number of rotatable bonds is 43. The van der Waals surface area contributed by atoms with E-state index < -0.39 is 80.4 Å². The fourth-order valence-electron chi connectivity index (χ4n) is 8.13. The van der Waals surface area contributed by atoms with Crippen molar-refractivity contribution in [2.24, 2.45) is 10.7 Å². The summed E-state index contributed by atoms with van der Waals surface area (Å²) in [5.41, 5.74) is 9.22. The minimum Gasteiger partial charge on any atom is -0.420 e. The molecule has 0 spiro atoms. The second-order valence-electron chi connectivity index (χ2n) is 18.7. The third-order valence-electron chi connectivity index (χ3n) is 12.2. The molecule has 1 fully saturated rings. The molecule has 0 bridgehead atoms. The van der Waals surface area contributed by atoms with Crippen molar-refractivity contribution < 1.29 is 112 Å². The average molecular weight is 1260 g/mol. The number of amidine groups is 1. The summed E-state index contributed by atoms with van der Waals surface area (Å²) in [5.74, 6) is -13.9. The first-order chi connectivity index (χ1) is 41.9. The molecule has 3 amide bonds. The number of hydrogen-bond donors (Lipinski definition) is 4. The average Bonchev–Trinajstić information content (AvgIpc) is 1.74. The summed E-state index contributed by atoms with van der Waals surface area (Å²) < 4.78 is 145. The Hall–Kier alpha value is -6.24. The van der Waals surface area contributed by atoms with Gasteiger partial charge in [0.15, 0.2) is 16.5 Å². The van der Waals surface area contributed by atoms with Gasteiger partial charge >= 0.3 is 16.1 Å². The Morgan fingerprint density at radius 1 is 0.701 bits per heavy atom. The van der Waals surface area contributed by atoms with Gasteiger partial charge in [-0.1, -0.05) is 19.1 Å². The molecular formula is C55H75F4N7O20S. The lowest BCUT2D eigenvalue weighted by molar-refractivity contribution is -0.180. The second-order valence-corrected chi connectivity index (χ2v) is 20.1. The smallest absolute Gasteiger partial charge is 0.313 e. The number of aliphatic hydroxyl groups excluding tert-OH is 1. The van der Waals surface area contributed by atoms with Crippen LogP contribution in [-0.2, 0) is 76.7 Å². The predicted molar refractivity (Wildman–Crippen MR) is 298 cm³/mol. The normalized spacial score (nSPS) is 15.0. The Kier molecular flexibility index (Phi) is 32.0. The zero-order chi connectivity index (χ0) is 63.0. The summed E-state index contributed by atoms with van der Waals surface area (Å²) >= 11 is 0. The summed E-state index contributed by atoms with van der Waals surface area (Å²) in [6.45, 7) is 9.95. The molecule has 2 aliphatic heterocycles. The van der Waals surface area contributed by atoms with E-state index in [4.69, 9.17) is 62.5 Å². The highest BCUT2D eigenvalue weighted by Crippen LogP contribution is 2.34. The SMILES string of the molecule is CCCN(OCC)C(=O)C1=Cc2ccc(-c3cnc(C(=O)N4C[C@H](O)CC4C(=O)NCCOCCOCCOCCOCCOCCOCCOCCOCCOCCOCCC(=O)Oc4c(F)c(F)c(S(=O)(=O)O)c(F)c4F)nc3)cc2N=C(N)C1. The van der Waals surface area contributed by atoms with Crippen LogP contribution < -0.4 is 15.8 Å². The number of ether oxygens (including phenoxy) is 11. The molecule has 0 aliphatic carbocycles. The van der Waals surface area contributed by atoms with E-state index in [1.807, 2.05) is 26.0 Å². The van der Waals surface area contributed by atoms with Gasteiger partial charge in [0.05, 0.1) is 157 Å². The number of likely N-dealkylation sites (tertiary alicyclic amines) is 1. The van der Waals surface area contributed by atoms with Crippen molar-refractivity contribution in [1.29, 1.82) is 0 Å². The Morgan fingerprint density at radius 3 is 1.66 bits per heavy atom. The van der Waals surface area contributed by atoms with E-state index in [1.54, 1.807) is 12.1 Å². The van der Waals surface area contributed by atoms with Gasteiger partial charge in [-0.15, -0.1) is 0 Å². The van der Waals surface area contributed by atoms with Crippen molar-refractivity contribution >= 4 is 51.4 Å². The van der Waals surface area contributed by atoms with Crippen LogP contribution in [0.15, 0.2) is 46.1 Å². The highest BCUT2D eigenvalue weighted by Gasteiger charge is 2.40. The van der Waals surface area contributed by atoms with Crippen LogP contribution in [0.5, 0.6) is 5.75 Å². The van der Waals surface area contributed by atoms with Crippen LogP contribution in [0.25, 0.3) is 17.2 Å². The number of hydrogen-bond acceptors (Lipinski definition) is 23. The lowest BCUT2D eigenvalue weighted by Crippen LogP contribution is -2.47. The quantitative estimate of drug-likeness (QED) is 0.0120. The summed E-state index contributed by atoms with van der Waals surface area (Å²) in [5, 5.41) is 14.5. The van der Waals surface area contributed by atoms with Gasteiger partial charge in [-0.3, -0.25) is 28.6 Å². The first kappa shape index (κ1) is 71.5. The molecule has 1 saturated heterocycles. The first-order valence-corrected chi connectivity index (χ1v) is 29.4. The number of fused-ring (bicyclic) bond motifs is 1. The molecule has 2 aliphatic rings. The molecule has 2 atom stereocenters. The Balaban J connectivity index is 0.776. The summed E-state index contributed by atoms with van der Waals surface area (Å²) in [4.78, 5) is 69.5. The molecule has 27 nitrogen and oxygen atoms in total. The van der Waals surface area contributed by atoms with Crippen LogP contribution in [0.3, 0.4) is 0 Å². The van der Waals surface area contributed by atoms with Gasteiger partial charge in [-0.25, -0.2) is 28.8 Å². The molecule has 5 rings (SSSR count). The molecule has 1 aromatic heterocycles. The maximum absolute atomic E-state index is 14.0. The van der Waals surface area contributed by atoms with E-state index in [9.17, 15) is 50.3 Å². The molecule has 5 N–H and O–H groups in total. The number of aliphatic imine (C=N–C) groups is 1. The van der Waals surface area contributed by atoms with Crippen LogP contribution in [0.1, 0.15) is 55.7 Å². The van der Waals surface area contributed by atoms with Crippen molar-refractivity contribution in [3.63, 3.8) is 0 Å². The number of carbonyl (C=O) groups is 4. The number of esters is 1. The van der Waals surface area contributed by atoms with E-state index in [1.165, 1.54) is 22.4 Å². The van der Waals surface area contributed by atoms with Crippen molar-refractivity contribution in [1.82, 2.24) is 25.2 Å². The van der Waals surface area contributed by atoms with E-state index in [0.29, 0.717) is 127 Å². The van der Waals surface area contributed by atoms with E-state index in [2.05, 4.69) is 25.0 Å². The zero-order valence-corrected chi connectivity index (χ0v) is 49.2. The predicted octanol–water partition coefficient (Wildman–Crippen LogP) is 2.77. The van der Waals surface area contributed by atoms with Gasteiger partial charge < -0.3 is 73.2 Å². The maximum atomic E-state index is 14.0. The number of amides is 3. The van der Waals surface area contributed by atoms with Gasteiger partial charge in [-0.05, 0) is 31.1 Å². The lowest BCUT2D eigenvalue weighted by atomic mass is 10.0. The third-order valence-corrected chi connectivity index (χ3v) is 13.1. The Labute approximate surface area is 500 Å².